The van der Waals surface area contributed by atoms with Crippen LogP contribution in [0.3, 0.4) is 0 Å². The molecule has 0 spiro atoms. The van der Waals surface area contributed by atoms with E-state index in [9.17, 15) is 9.36 Å². The quantitative estimate of drug-likeness (QED) is 0.627. The summed E-state index contributed by atoms with van der Waals surface area (Å²) in [4.78, 5) is 9.97. The molecule has 0 fully saturated rings. The third-order valence-corrected chi connectivity index (χ3v) is 2.67. The number of hydrogen-bond acceptors (Lipinski definition) is 2. The predicted molar refractivity (Wildman–Crippen MR) is 39.9 cm³/mol. The number of carbonyl (C=O) groups is 1. The van der Waals surface area contributed by atoms with E-state index in [4.69, 9.17) is 5.11 Å². The van der Waals surface area contributed by atoms with Crippen LogP contribution in [0, 0.1) is 0 Å². The van der Waals surface area contributed by atoms with Gasteiger partial charge in [0.05, 0.1) is 0 Å². The fraction of sp³-hybridized carbons (Fsp3) is 0.833. The van der Waals surface area contributed by atoms with Gasteiger partial charge in [-0.25, -0.2) is 0 Å². The minimum absolute atomic E-state index is 0.140. The summed E-state index contributed by atoms with van der Waals surface area (Å²) in [7, 11) is -1.12. The normalized spacial score (nSPS) is 11.1. The molecule has 0 aromatic heterocycles. The van der Waals surface area contributed by atoms with E-state index in [1.807, 2.05) is 6.92 Å². The van der Waals surface area contributed by atoms with E-state index >= 15 is 0 Å². The summed E-state index contributed by atoms with van der Waals surface area (Å²) in [6, 6.07) is 0. The van der Waals surface area contributed by atoms with Crippen LogP contribution >= 0.6 is 7.80 Å². The van der Waals surface area contributed by atoms with Gasteiger partial charge >= 0.3 is 13.8 Å². The van der Waals surface area contributed by atoms with Crippen molar-refractivity contribution in [1.29, 1.82) is 0 Å². The predicted octanol–water partition coefficient (Wildman–Crippen LogP) is 1.70. The molecule has 4 heteroatoms. The fourth-order valence-electron chi connectivity index (χ4n) is 0.565. The van der Waals surface area contributed by atoms with Gasteiger partial charge < -0.3 is 5.11 Å². The molecule has 0 amide bonds. The van der Waals surface area contributed by atoms with Crippen LogP contribution in [0.1, 0.15) is 19.8 Å². The van der Waals surface area contributed by atoms with Crippen LogP contribution in [0.2, 0.25) is 0 Å². The third-order valence-electron chi connectivity index (χ3n) is 1.15. The van der Waals surface area contributed by atoms with Gasteiger partial charge in [0.25, 0.3) is 0 Å². The molecule has 0 aliphatic carbocycles. The SMILES string of the molecule is CC[P+](=O)CCCC(=O)O. The van der Waals surface area contributed by atoms with Gasteiger partial charge in [-0.05, 0) is 6.92 Å². The van der Waals surface area contributed by atoms with Crippen LogP contribution < -0.4 is 0 Å². The van der Waals surface area contributed by atoms with E-state index < -0.39 is 13.8 Å². The van der Waals surface area contributed by atoms with Crippen LogP contribution in [-0.4, -0.2) is 23.4 Å². The zero-order chi connectivity index (χ0) is 7.98. The van der Waals surface area contributed by atoms with Gasteiger partial charge in [0.1, 0.15) is 12.3 Å². The summed E-state index contributed by atoms with van der Waals surface area (Å²) in [5.74, 6) is -0.806. The molecule has 58 valence electrons. The molecule has 3 nitrogen and oxygen atoms in total. The van der Waals surface area contributed by atoms with Crippen LogP contribution in [0.5, 0.6) is 0 Å². The Balaban J connectivity index is 3.20. The Bertz CT molecular complexity index is 133. The molecule has 1 N–H and O–H groups in total. The lowest BCUT2D eigenvalue weighted by molar-refractivity contribution is -0.137. The van der Waals surface area contributed by atoms with Crippen LogP contribution in [0.4, 0.5) is 0 Å². The van der Waals surface area contributed by atoms with Crippen molar-refractivity contribution in [2.24, 2.45) is 0 Å². The van der Waals surface area contributed by atoms with E-state index in [2.05, 4.69) is 0 Å². The summed E-state index contributed by atoms with van der Waals surface area (Å²) in [5.41, 5.74) is 0. The van der Waals surface area contributed by atoms with Crippen molar-refractivity contribution in [2.45, 2.75) is 19.8 Å². The molecule has 0 rings (SSSR count). The van der Waals surface area contributed by atoms with E-state index in [1.165, 1.54) is 0 Å². The maximum Gasteiger partial charge on any atom is 0.338 e. The Kier molecular flexibility index (Phi) is 5.13. The van der Waals surface area contributed by atoms with Gasteiger partial charge in [-0.15, -0.1) is 0 Å². The highest BCUT2D eigenvalue weighted by Gasteiger charge is 2.10. The molecule has 0 aliphatic heterocycles. The first-order valence-electron chi connectivity index (χ1n) is 3.30. The zero-order valence-electron chi connectivity index (χ0n) is 6.04. The summed E-state index contributed by atoms with van der Waals surface area (Å²) >= 11 is 0. The molecule has 0 radical (unpaired) electrons. The zero-order valence-corrected chi connectivity index (χ0v) is 6.93. The molecule has 0 heterocycles. The Labute approximate surface area is 61.2 Å². The number of carboxylic acids is 1. The molecule has 0 aromatic rings. The smallest absolute Gasteiger partial charge is 0.338 e. The van der Waals surface area contributed by atoms with Crippen molar-refractivity contribution in [1.82, 2.24) is 0 Å². The van der Waals surface area contributed by atoms with Crippen molar-refractivity contribution in [3.8, 4) is 0 Å². The first kappa shape index (κ1) is 9.57. The average molecular weight is 163 g/mol. The molecule has 0 saturated carbocycles. The van der Waals surface area contributed by atoms with Crippen LogP contribution in [0.15, 0.2) is 0 Å². The van der Waals surface area contributed by atoms with Crippen molar-refractivity contribution in [3.05, 3.63) is 0 Å². The first-order chi connectivity index (χ1) is 4.66. The van der Waals surface area contributed by atoms with E-state index in [-0.39, 0.29) is 6.42 Å². The number of carboxylic acid groups (broad SMARTS) is 1. The lowest BCUT2D eigenvalue weighted by Crippen LogP contribution is -1.94. The van der Waals surface area contributed by atoms with Gasteiger partial charge in [-0.3, -0.25) is 4.79 Å². The van der Waals surface area contributed by atoms with Gasteiger partial charge in [0, 0.05) is 12.8 Å². The molecule has 1 atom stereocenters. The number of hydrogen-bond donors (Lipinski definition) is 1. The van der Waals surface area contributed by atoms with Crippen molar-refractivity contribution in [3.63, 3.8) is 0 Å². The molecule has 0 aliphatic rings. The Morgan fingerprint density at radius 1 is 1.60 bits per heavy atom. The van der Waals surface area contributed by atoms with E-state index in [0.29, 0.717) is 18.7 Å². The topological polar surface area (TPSA) is 54.4 Å². The fourth-order valence-corrected chi connectivity index (χ4v) is 1.39. The molecule has 10 heavy (non-hydrogen) atoms. The lowest BCUT2D eigenvalue weighted by atomic mass is 10.3. The van der Waals surface area contributed by atoms with Gasteiger partial charge in [0.2, 0.25) is 0 Å². The largest absolute Gasteiger partial charge is 0.481 e. The molecular formula is C6H12O3P+. The second kappa shape index (κ2) is 5.36. The number of rotatable bonds is 5. The monoisotopic (exact) mass is 163 g/mol. The van der Waals surface area contributed by atoms with Gasteiger partial charge in [-0.1, -0.05) is 4.57 Å². The van der Waals surface area contributed by atoms with Crippen molar-refractivity contribution in [2.75, 3.05) is 12.3 Å². The van der Waals surface area contributed by atoms with Crippen LogP contribution in [-0.2, 0) is 9.36 Å². The van der Waals surface area contributed by atoms with Crippen molar-refractivity contribution < 1.29 is 14.5 Å². The molecule has 1 unspecified atom stereocenters. The number of aliphatic carboxylic acids is 1. The maximum absolute atomic E-state index is 10.7. The average Bonchev–Trinajstić information content (AvgIpc) is 1.87. The third kappa shape index (κ3) is 5.70. The first-order valence-corrected chi connectivity index (χ1v) is 4.93. The molecular weight excluding hydrogens is 151 g/mol. The molecule has 0 bridgehead atoms. The van der Waals surface area contributed by atoms with E-state index in [0.717, 1.165) is 0 Å². The lowest BCUT2D eigenvalue weighted by Gasteiger charge is -1.85. The summed E-state index contributed by atoms with van der Waals surface area (Å²) < 4.78 is 10.7. The standard InChI is InChI=1S/C6H11O3P/c1-2-10(9)5-3-4-6(7)8/h2-5H2,1H3/p+1. The minimum atomic E-state index is -1.12. The minimum Gasteiger partial charge on any atom is -0.481 e. The highest BCUT2D eigenvalue weighted by Crippen LogP contribution is 2.20. The Morgan fingerprint density at radius 3 is 2.60 bits per heavy atom. The van der Waals surface area contributed by atoms with E-state index in [1.54, 1.807) is 0 Å². The maximum atomic E-state index is 10.7. The Morgan fingerprint density at radius 2 is 2.20 bits per heavy atom. The molecule has 0 saturated heterocycles. The summed E-state index contributed by atoms with van der Waals surface area (Å²) in [6.45, 7) is 1.85. The highest BCUT2D eigenvalue weighted by atomic mass is 31.1. The van der Waals surface area contributed by atoms with Gasteiger partial charge in [0.15, 0.2) is 0 Å². The second-order valence-corrected chi connectivity index (χ2v) is 4.06. The molecule has 0 aromatic carbocycles. The Hall–Kier alpha value is -0.430. The van der Waals surface area contributed by atoms with Gasteiger partial charge in [-0.2, -0.15) is 0 Å². The summed E-state index contributed by atoms with van der Waals surface area (Å²) in [6.07, 6.45) is 1.90. The summed E-state index contributed by atoms with van der Waals surface area (Å²) in [5, 5.41) is 8.20. The van der Waals surface area contributed by atoms with Crippen LogP contribution in [0.25, 0.3) is 0 Å². The highest BCUT2D eigenvalue weighted by molar-refractivity contribution is 7.44. The second-order valence-electron chi connectivity index (χ2n) is 2.02. The van der Waals surface area contributed by atoms with Crippen molar-refractivity contribution >= 4 is 13.8 Å².